The molecule has 2 aromatic rings. The largest absolute Gasteiger partial charge is 0.316 e. The zero-order valence-electron chi connectivity index (χ0n) is 9.26. The standard InChI is InChI=1S/C12H16N4/c1-2-7-16-11(5-1)14-15-12(16)8-10-4-3-6-13-9-10/h1-2,5,7,10,13H,3-4,6,8-9H2/t10-/m1/s1. The second-order valence-electron chi connectivity index (χ2n) is 4.46. The molecule has 3 rings (SSSR count). The van der Waals surface area contributed by atoms with Gasteiger partial charge in [0.1, 0.15) is 5.82 Å². The average molecular weight is 216 g/mol. The summed E-state index contributed by atoms with van der Waals surface area (Å²) in [5, 5.41) is 11.9. The number of fused-ring (bicyclic) bond motifs is 1. The Morgan fingerprint density at radius 2 is 2.38 bits per heavy atom. The van der Waals surface area contributed by atoms with Gasteiger partial charge in [-0.3, -0.25) is 4.40 Å². The molecule has 84 valence electrons. The minimum atomic E-state index is 0.710. The summed E-state index contributed by atoms with van der Waals surface area (Å²) in [5.41, 5.74) is 0.946. The number of rotatable bonds is 2. The van der Waals surface area contributed by atoms with Crippen molar-refractivity contribution in [2.24, 2.45) is 5.92 Å². The van der Waals surface area contributed by atoms with Crippen molar-refractivity contribution in [2.75, 3.05) is 13.1 Å². The molecule has 1 aliphatic rings. The lowest BCUT2D eigenvalue weighted by Gasteiger charge is -2.21. The Balaban J connectivity index is 1.83. The van der Waals surface area contributed by atoms with E-state index in [0.717, 1.165) is 31.0 Å². The van der Waals surface area contributed by atoms with Crippen molar-refractivity contribution in [1.29, 1.82) is 0 Å². The molecule has 1 fully saturated rings. The molecule has 4 nitrogen and oxygen atoms in total. The minimum Gasteiger partial charge on any atom is -0.316 e. The van der Waals surface area contributed by atoms with Crippen LogP contribution in [0.2, 0.25) is 0 Å². The summed E-state index contributed by atoms with van der Waals surface area (Å²) < 4.78 is 2.09. The third kappa shape index (κ3) is 1.80. The van der Waals surface area contributed by atoms with Crippen LogP contribution in [0.1, 0.15) is 18.7 Å². The monoisotopic (exact) mass is 216 g/mol. The van der Waals surface area contributed by atoms with Crippen molar-refractivity contribution >= 4 is 5.65 Å². The summed E-state index contributed by atoms with van der Waals surface area (Å²) in [6.07, 6.45) is 5.65. The molecule has 3 heterocycles. The fraction of sp³-hybridized carbons (Fsp3) is 0.500. The summed E-state index contributed by atoms with van der Waals surface area (Å²) >= 11 is 0. The first kappa shape index (κ1) is 9.78. The molecular formula is C12H16N4. The highest BCUT2D eigenvalue weighted by atomic mass is 15.2. The molecule has 1 N–H and O–H groups in total. The van der Waals surface area contributed by atoms with Gasteiger partial charge in [0.25, 0.3) is 0 Å². The Morgan fingerprint density at radius 1 is 1.38 bits per heavy atom. The molecule has 0 radical (unpaired) electrons. The summed E-state index contributed by atoms with van der Waals surface area (Å²) in [7, 11) is 0. The van der Waals surface area contributed by atoms with E-state index in [0.29, 0.717) is 5.92 Å². The second-order valence-corrected chi connectivity index (χ2v) is 4.46. The molecule has 0 unspecified atom stereocenters. The molecule has 2 aromatic heterocycles. The van der Waals surface area contributed by atoms with Gasteiger partial charge in [-0.15, -0.1) is 10.2 Å². The Morgan fingerprint density at radius 3 is 3.25 bits per heavy atom. The number of pyridine rings is 1. The molecular weight excluding hydrogens is 200 g/mol. The van der Waals surface area contributed by atoms with Crippen LogP contribution in [-0.4, -0.2) is 27.7 Å². The molecule has 1 aliphatic heterocycles. The van der Waals surface area contributed by atoms with Crippen molar-refractivity contribution in [1.82, 2.24) is 19.9 Å². The molecule has 4 heteroatoms. The van der Waals surface area contributed by atoms with Crippen molar-refractivity contribution in [2.45, 2.75) is 19.3 Å². The van der Waals surface area contributed by atoms with Gasteiger partial charge in [-0.25, -0.2) is 0 Å². The normalized spacial score (nSPS) is 21.4. The number of nitrogens with zero attached hydrogens (tertiary/aromatic N) is 3. The van der Waals surface area contributed by atoms with Gasteiger partial charge in [-0.05, 0) is 44.0 Å². The van der Waals surface area contributed by atoms with Crippen LogP contribution in [-0.2, 0) is 6.42 Å². The third-order valence-electron chi connectivity index (χ3n) is 3.25. The molecule has 0 bridgehead atoms. The maximum atomic E-state index is 4.27. The summed E-state index contributed by atoms with van der Waals surface area (Å²) in [6, 6.07) is 6.02. The van der Waals surface area contributed by atoms with E-state index in [9.17, 15) is 0 Å². The maximum absolute atomic E-state index is 4.27. The van der Waals surface area contributed by atoms with E-state index >= 15 is 0 Å². The van der Waals surface area contributed by atoms with Crippen molar-refractivity contribution in [3.63, 3.8) is 0 Å². The first-order valence-corrected chi connectivity index (χ1v) is 5.93. The van der Waals surface area contributed by atoms with Gasteiger partial charge in [0, 0.05) is 12.6 Å². The fourth-order valence-electron chi connectivity index (χ4n) is 2.39. The molecule has 16 heavy (non-hydrogen) atoms. The molecule has 0 aromatic carbocycles. The van der Waals surface area contributed by atoms with Gasteiger partial charge in [-0.1, -0.05) is 6.07 Å². The smallest absolute Gasteiger partial charge is 0.160 e. The van der Waals surface area contributed by atoms with Crippen molar-refractivity contribution < 1.29 is 0 Å². The first-order valence-electron chi connectivity index (χ1n) is 5.93. The highest BCUT2D eigenvalue weighted by Crippen LogP contribution is 2.15. The molecule has 0 amide bonds. The number of hydrogen-bond donors (Lipinski definition) is 1. The van der Waals surface area contributed by atoms with E-state index in [2.05, 4.69) is 19.9 Å². The molecule has 1 saturated heterocycles. The van der Waals surface area contributed by atoms with Gasteiger partial charge in [0.15, 0.2) is 5.65 Å². The molecule has 0 aliphatic carbocycles. The fourth-order valence-corrected chi connectivity index (χ4v) is 2.39. The first-order chi connectivity index (χ1) is 7.93. The van der Waals surface area contributed by atoms with Crippen LogP contribution in [0.4, 0.5) is 0 Å². The predicted octanol–water partition coefficient (Wildman–Crippen LogP) is 1.27. The van der Waals surface area contributed by atoms with E-state index in [4.69, 9.17) is 0 Å². The highest BCUT2D eigenvalue weighted by Gasteiger charge is 2.16. The Labute approximate surface area is 94.7 Å². The molecule has 0 saturated carbocycles. The van der Waals surface area contributed by atoms with Crippen LogP contribution in [0.3, 0.4) is 0 Å². The SMILES string of the molecule is c1ccn2c(C[C@H]3CCCNC3)nnc2c1. The lowest BCUT2D eigenvalue weighted by atomic mass is 9.96. The van der Waals surface area contributed by atoms with Gasteiger partial charge >= 0.3 is 0 Å². The van der Waals surface area contributed by atoms with Gasteiger partial charge in [0.05, 0.1) is 0 Å². The number of hydrogen-bond acceptors (Lipinski definition) is 3. The number of aromatic nitrogens is 3. The second kappa shape index (κ2) is 4.22. The topological polar surface area (TPSA) is 42.2 Å². The van der Waals surface area contributed by atoms with Crippen LogP contribution in [0.25, 0.3) is 5.65 Å². The predicted molar refractivity (Wildman–Crippen MR) is 62.3 cm³/mol. The summed E-state index contributed by atoms with van der Waals surface area (Å²) in [4.78, 5) is 0. The molecule has 0 spiro atoms. The van der Waals surface area contributed by atoms with Crippen LogP contribution >= 0.6 is 0 Å². The zero-order valence-corrected chi connectivity index (χ0v) is 9.26. The van der Waals surface area contributed by atoms with E-state index in [1.165, 1.54) is 12.8 Å². The Bertz CT molecular complexity index is 471. The maximum Gasteiger partial charge on any atom is 0.160 e. The van der Waals surface area contributed by atoms with Crippen LogP contribution in [0.5, 0.6) is 0 Å². The van der Waals surface area contributed by atoms with Crippen molar-refractivity contribution in [3.05, 3.63) is 30.2 Å². The van der Waals surface area contributed by atoms with E-state index in [-0.39, 0.29) is 0 Å². The zero-order chi connectivity index (χ0) is 10.8. The van der Waals surface area contributed by atoms with Gasteiger partial charge < -0.3 is 5.32 Å². The number of piperidine rings is 1. The molecule has 1 atom stereocenters. The van der Waals surface area contributed by atoms with Crippen LogP contribution in [0, 0.1) is 5.92 Å². The third-order valence-corrected chi connectivity index (χ3v) is 3.25. The Hall–Kier alpha value is -1.42. The van der Waals surface area contributed by atoms with Crippen molar-refractivity contribution in [3.8, 4) is 0 Å². The van der Waals surface area contributed by atoms with Crippen LogP contribution in [0.15, 0.2) is 24.4 Å². The highest BCUT2D eigenvalue weighted by molar-refractivity contribution is 5.37. The van der Waals surface area contributed by atoms with E-state index in [1.807, 2.05) is 24.4 Å². The summed E-state index contributed by atoms with van der Waals surface area (Å²) in [6.45, 7) is 2.28. The lowest BCUT2D eigenvalue weighted by Crippen LogP contribution is -2.31. The van der Waals surface area contributed by atoms with Gasteiger partial charge in [-0.2, -0.15) is 0 Å². The lowest BCUT2D eigenvalue weighted by molar-refractivity contribution is 0.370. The van der Waals surface area contributed by atoms with Crippen LogP contribution < -0.4 is 5.32 Å². The van der Waals surface area contributed by atoms with E-state index in [1.54, 1.807) is 0 Å². The summed E-state index contributed by atoms with van der Waals surface area (Å²) in [5.74, 6) is 1.80. The Kier molecular flexibility index (Phi) is 2.58. The quantitative estimate of drug-likeness (QED) is 0.822. The number of nitrogens with one attached hydrogen (secondary N) is 1. The van der Waals surface area contributed by atoms with E-state index < -0.39 is 0 Å². The average Bonchev–Trinajstić information content (AvgIpc) is 2.74. The minimum absolute atomic E-state index is 0.710. The van der Waals surface area contributed by atoms with Gasteiger partial charge in [0.2, 0.25) is 0 Å².